The Morgan fingerprint density at radius 1 is 1.39 bits per heavy atom. The minimum absolute atomic E-state index is 0.0119. The molecular weight excluding hydrogens is 435 g/mol. The van der Waals surface area contributed by atoms with Gasteiger partial charge in [-0.05, 0) is 27.8 Å². The van der Waals surface area contributed by atoms with Crippen molar-refractivity contribution < 1.29 is 27.9 Å². The lowest BCUT2D eigenvalue weighted by molar-refractivity contribution is -0.192. The van der Waals surface area contributed by atoms with Gasteiger partial charge in [0.1, 0.15) is 5.69 Å². The number of hydrogen-bond acceptors (Lipinski definition) is 6. The third kappa shape index (κ3) is 6.03. The topological polar surface area (TPSA) is 91.6 Å². The van der Waals surface area contributed by atoms with Crippen LogP contribution in [0, 0.1) is 6.92 Å². The molecule has 172 valence electrons. The van der Waals surface area contributed by atoms with Crippen LogP contribution in [0.1, 0.15) is 46.8 Å². The quantitative estimate of drug-likeness (QED) is 0.753. The minimum Gasteiger partial charge on any atom is -0.475 e. The molecule has 0 radical (unpaired) electrons. The van der Waals surface area contributed by atoms with E-state index in [1.165, 1.54) is 17.0 Å². The number of rotatable bonds is 4. The predicted octanol–water partition coefficient (Wildman–Crippen LogP) is 2.90. The number of carbonyl (C=O) groups excluding carboxylic acids is 1. The van der Waals surface area contributed by atoms with Crippen LogP contribution < -0.4 is 0 Å². The van der Waals surface area contributed by atoms with Crippen LogP contribution in [0.4, 0.5) is 13.2 Å². The number of amides is 1. The lowest BCUT2D eigenvalue weighted by Gasteiger charge is -2.38. The SMILES string of the molecule is Cc1nc(C(=O)N2CCc3c(ncn3C)C2CN(C)C(C)C)cs1.O=C(O)C(F)(F)F. The number of carbonyl (C=O) groups is 2. The fourth-order valence-electron chi connectivity index (χ4n) is 3.11. The van der Waals surface area contributed by atoms with Crippen LogP contribution in [-0.4, -0.2) is 73.7 Å². The number of carboxylic acid groups (broad SMARTS) is 1. The highest BCUT2D eigenvalue weighted by molar-refractivity contribution is 7.09. The van der Waals surface area contributed by atoms with Gasteiger partial charge >= 0.3 is 12.1 Å². The van der Waals surface area contributed by atoms with Crippen molar-refractivity contribution in [3.05, 3.63) is 33.8 Å². The Morgan fingerprint density at radius 3 is 2.48 bits per heavy atom. The van der Waals surface area contributed by atoms with Crippen molar-refractivity contribution in [1.82, 2.24) is 24.3 Å². The first-order valence-electron chi connectivity index (χ1n) is 9.56. The summed E-state index contributed by atoms with van der Waals surface area (Å²) in [5.74, 6) is -2.75. The molecule has 1 amide bonds. The van der Waals surface area contributed by atoms with Crippen molar-refractivity contribution in [2.45, 2.75) is 45.5 Å². The van der Waals surface area contributed by atoms with Crippen molar-refractivity contribution in [3.63, 3.8) is 0 Å². The maximum atomic E-state index is 13.0. The Kier molecular flexibility index (Phi) is 7.82. The number of aryl methyl sites for hydroxylation is 2. The van der Waals surface area contributed by atoms with Gasteiger partial charge in [-0.15, -0.1) is 11.3 Å². The van der Waals surface area contributed by atoms with Crippen molar-refractivity contribution in [2.75, 3.05) is 20.1 Å². The third-order valence-electron chi connectivity index (χ3n) is 5.06. The van der Waals surface area contributed by atoms with Crippen LogP contribution in [0.3, 0.4) is 0 Å². The minimum atomic E-state index is -5.08. The number of likely N-dealkylation sites (N-methyl/N-ethyl adjacent to an activating group) is 1. The van der Waals surface area contributed by atoms with Crippen LogP contribution in [0.15, 0.2) is 11.7 Å². The number of nitrogens with zero attached hydrogens (tertiary/aromatic N) is 5. The first kappa shape index (κ1) is 24.8. The van der Waals surface area contributed by atoms with Gasteiger partial charge in [0.2, 0.25) is 0 Å². The first-order valence-corrected chi connectivity index (χ1v) is 10.4. The van der Waals surface area contributed by atoms with Gasteiger partial charge in [0.05, 0.1) is 23.1 Å². The Morgan fingerprint density at radius 2 is 2.00 bits per heavy atom. The maximum Gasteiger partial charge on any atom is 0.490 e. The molecule has 1 unspecified atom stereocenters. The van der Waals surface area contributed by atoms with Crippen molar-refractivity contribution >= 4 is 23.2 Å². The monoisotopic (exact) mass is 461 g/mol. The standard InChI is InChI=1S/C17H25N5OS.C2HF3O2/c1-11(2)20(4)8-15-16-14(21(5)10-18-16)6-7-22(15)17(23)13-9-24-12(3)19-13;3-2(4,5)1(6)7/h9-11,15H,6-8H2,1-5H3;(H,6,7). The molecule has 12 heteroatoms. The van der Waals surface area contributed by atoms with E-state index in [-0.39, 0.29) is 11.9 Å². The number of halogens is 3. The summed E-state index contributed by atoms with van der Waals surface area (Å²) in [5, 5.41) is 9.90. The Labute approximate surface area is 182 Å². The van der Waals surface area contributed by atoms with Crippen molar-refractivity contribution in [3.8, 4) is 0 Å². The summed E-state index contributed by atoms with van der Waals surface area (Å²) in [6.07, 6.45) is -2.39. The van der Waals surface area contributed by atoms with Gasteiger partial charge in [-0.3, -0.25) is 4.79 Å². The van der Waals surface area contributed by atoms with Gasteiger partial charge in [-0.2, -0.15) is 13.2 Å². The molecule has 0 fully saturated rings. The molecule has 1 atom stereocenters. The molecule has 0 bridgehead atoms. The molecular formula is C19H26F3N5O3S. The number of imidazole rings is 1. The summed E-state index contributed by atoms with van der Waals surface area (Å²) in [7, 11) is 4.12. The molecule has 31 heavy (non-hydrogen) atoms. The van der Waals surface area contributed by atoms with Gasteiger partial charge in [-0.1, -0.05) is 0 Å². The highest BCUT2D eigenvalue weighted by atomic mass is 32.1. The fraction of sp³-hybridized carbons (Fsp3) is 0.579. The van der Waals surface area contributed by atoms with Gasteiger partial charge in [0.15, 0.2) is 0 Å². The maximum absolute atomic E-state index is 13.0. The zero-order valence-electron chi connectivity index (χ0n) is 18.0. The summed E-state index contributed by atoms with van der Waals surface area (Å²) >= 11 is 1.52. The van der Waals surface area contributed by atoms with Crippen LogP contribution in [0.25, 0.3) is 0 Å². The van der Waals surface area contributed by atoms with E-state index in [4.69, 9.17) is 9.90 Å². The average molecular weight is 462 g/mol. The van der Waals surface area contributed by atoms with Gasteiger partial charge in [-0.25, -0.2) is 14.8 Å². The predicted molar refractivity (Wildman–Crippen MR) is 109 cm³/mol. The molecule has 0 saturated heterocycles. The number of aromatic nitrogens is 3. The van der Waals surface area contributed by atoms with Gasteiger partial charge < -0.3 is 19.5 Å². The summed E-state index contributed by atoms with van der Waals surface area (Å²) in [6.45, 7) is 7.74. The van der Waals surface area contributed by atoms with E-state index in [0.717, 1.165) is 23.7 Å². The molecule has 1 N–H and O–H groups in total. The van der Waals surface area contributed by atoms with Crippen molar-refractivity contribution in [1.29, 1.82) is 0 Å². The third-order valence-corrected chi connectivity index (χ3v) is 5.83. The molecule has 8 nitrogen and oxygen atoms in total. The lowest BCUT2D eigenvalue weighted by Crippen LogP contribution is -2.46. The normalized spacial score (nSPS) is 16.2. The summed E-state index contributed by atoms with van der Waals surface area (Å²) in [4.78, 5) is 35.1. The lowest BCUT2D eigenvalue weighted by atomic mass is 10.0. The molecule has 2 aromatic rings. The van der Waals surface area contributed by atoms with E-state index < -0.39 is 12.1 Å². The highest BCUT2D eigenvalue weighted by Gasteiger charge is 2.38. The first-order chi connectivity index (χ1) is 14.3. The number of aliphatic carboxylic acids is 1. The molecule has 0 aromatic carbocycles. The number of hydrogen-bond donors (Lipinski definition) is 1. The average Bonchev–Trinajstić information content (AvgIpc) is 3.27. The molecule has 1 aliphatic heterocycles. The zero-order valence-corrected chi connectivity index (χ0v) is 18.8. The number of alkyl halides is 3. The number of carboxylic acids is 1. The van der Waals surface area contributed by atoms with E-state index in [0.29, 0.717) is 18.3 Å². The smallest absolute Gasteiger partial charge is 0.475 e. The van der Waals surface area contributed by atoms with Crippen LogP contribution in [0.2, 0.25) is 0 Å². The van der Waals surface area contributed by atoms with Gasteiger partial charge in [0.25, 0.3) is 5.91 Å². The molecule has 3 rings (SSSR count). The highest BCUT2D eigenvalue weighted by Crippen LogP contribution is 2.31. The summed E-state index contributed by atoms with van der Waals surface area (Å²) in [5.41, 5.74) is 2.81. The summed E-state index contributed by atoms with van der Waals surface area (Å²) in [6, 6.07) is 0.384. The number of fused-ring (bicyclic) bond motifs is 1. The largest absolute Gasteiger partial charge is 0.490 e. The van der Waals surface area contributed by atoms with Crippen molar-refractivity contribution in [2.24, 2.45) is 7.05 Å². The number of thiazole rings is 1. The van der Waals surface area contributed by atoms with E-state index in [2.05, 4.69) is 40.3 Å². The van der Waals surface area contributed by atoms with E-state index >= 15 is 0 Å². The van der Waals surface area contributed by atoms with Gasteiger partial charge in [0, 0.05) is 43.7 Å². The fourth-order valence-corrected chi connectivity index (χ4v) is 3.69. The molecule has 1 aliphatic rings. The van der Waals surface area contributed by atoms with Crippen LogP contribution in [0.5, 0.6) is 0 Å². The molecule has 3 heterocycles. The Balaban J connectivity index is 0.000000423. The molecule has 0 aliphatic carbocycles. The Hall–Kier alpha value is -2.47. The molecule has 0 saturated carbocycles. The second-order valence-electron chi connectivity index (χ2n) is 7.54. The zero-order chi connectivity index (χ0) is 23.5. The van der Waals surface area contributed by atoms with E-state index in [1.54, 1.807) is 0 Å². The van der Waals surface area contributed by atoms with E-state index in [1.807, 2.05) is 30.6 Å². The molecule has 2 aromatic heterocycles. The summed E-state index contributed by atoms with van der Waals surface area (Å²) < 4.78 is 33.8. The van der Waals surface area contributed by atoms with Crippen LogP contribution in [-0.2, 0) is 18.3 Å². The van der Waals surface area contributed by atoms with E-state index in [9.17, 15) is 18.0 Å². The van der Waals surface area contributed by atoms with Crippen LogP contribution >= 0.6 is 11.3 Å². The second-order valence-corrected chi connectivity index (χ2v) is 8.60. The molecule has 0 spiro atoms. The second kappa shape index (κ2) is 9.77. The Bertz CT molecular complexity index is 925.